The van der Waals surface area contributed by atoms with Crippen molar-refractivity contribution in [3.63, 3.8) is 0 Å². The monoisotopic (exact) mass is 372 g/mol. The molecule has 0 amide bonds. The zero-order valence-corrected chi connectivity index (χ0v) is 16.0. The summed E-state index contributed by atoms with van der Waals surface area (Å²) >= 11 is 0. The normalized spacial score (nSPS) is 10.9. The van der Waals surface area contributed by atoms with E-state index in [1.807, 2.05) is 30.5 Å². The van der Waals surface area contributed by atoms with E-state index in [1.54, 1.807) is 0 Å². The Morgan fingerprint density at radius 1 is 0.552 bits per heavy atom. The Morgan fingerprint density at radius 3 is 2.03 bits per heavy atom. The van der Waals surface area contributed by atoms with Crippen LogP contribution in [0.3, 0.4) is 0 Å². The van der Waals surface area contributed by atoms with E-state index >= 15 is 0 Å². The number of aromatic nitrogens is 2. The van der Waals surface area contributed by atoms with Crippen molar-refractivity contribution >= 4 is 11.0 Å². The summed E-state index contributed by atoms with van der Waals surface area (Å²) in [7, 11) is 0. The average Bonchev–Trinajstić information content (AvgIpc) is 2.80. The summed E-state index contributed by atoms with van der Waals surface area (Å²) in [5.74, 6) is 0. The van der Waals surface area contributed by atoms with Crippen molar-refractivity contribution in [2.75, 3.05) is 0 Å². The number of benzene rings is 4. The minimum Gasteiger partial charge on any atom is -0.252 e. The Kier molecular flexibility index (Phi) is 4.59. The second-order valence-electron chi connectivity index (χ2n) is 7.14. The van der Waals surface area contributed by atoms with Gasteiger partial charge in [-0.25, -0.2) is 4.98 Å². The summed E-state index contributed by atoms with van der Waals surface area (Å²) in [6.45, 7) is 0. The number of para-hydroxylation sites is 2. The van der Waals surface area contributed by atoms with E-state index < -0.39 is 0 Å². The first-order chi connectivity index (χ1) is 14.4. The predicted octanol–water partition coefficient (Wildman–Crippen LogP) is 6.55. The van der Waals surface area contributed by atoms with Gasteiger partial charge in [0.15, 0.2) is 0 Å². The third kappa shape index (κ3) is 3.65. The van der Waals surface area contributed by atoms with Crippen molar-refractivity contribution in [2.24, 2.45) is 0 Å². The van der Waals surface area contributed by atoms with Gasteiger partial charge in [-0.05, 0) is 40.8 Å². The second kappa shape index (κ2) is 7.69. The van der Waals surface area contributed by atoms with Crippen molar-refractivity contribution in [3.8, 4) is 22.4 Å². The number of hydrogen-bond acceptors (Lipinski definition) is 2. The molecule has 0 saturated carbocycles. The fourth-order valence-corrected chi connectivity index (χ4v) is 3.69. The lowest BCUT2D eigenvalue weighted by atomic mass is 9.94. The van der Waals surface area contributed by atoms with Crippen molar-refractivity contribution in [2.45, 2.75) is 6.42 Å². The maximum atomic E-state index is 4.76. The van der Waals surface area contributed by atoms with Crippen molar-refractivity contribution < 1.29 is 0 Å². The second-order valence-corrected chi connectivity index (χ2v) is 7.14. The van der Waals surface area contributed by atoms with Gasteiger partial charge >= 0.3 is 0 Å². The molecule has 5 aromatic rings. The molecule has 0 saturated heterocycles. The van der Waals surface area contributed by atoms with E-state index in [4.69, 9.17) is 4.98 Å². The summed E-state index contributed by atoms with van der Waals surface area (Å²) in [5, 5.41) is 0. The predicted molar refractivity (Wildman–Crippen MR) is 120 cm³/mol. The Morgan fingerprint density at radius 2 is 1.21 bits per heavy atom. The topological polar surface area (TPSA) is 25.8 Å². The van der Waals surface area contributed by atoms with Crippen LogP contribution in [0.5, 0.6) is 0 Å². The van der Waals surface area contributed by atoms with Gasteiger partial charge in [0.25, 0.3) is 0 Å². The fraction of sp³-hybridized carbons (Fsp3) is 0.0370. The van der Waals surface area contributed by atoms with Crippen LogP contribution in [0.2, 0.25) is 0 Å². The van der Waals surface area contributed by atoms with Gasteiger partial charge in [0, 0.05) is 5.56 Å². The lowest BCUT2D eigenvalue weighted by molar-refractivity contribution is 1.19. The van der Waals surface area contributed by atoms with E-state index in [9.17, 15) is 0 Å². The standard InChI is InChI=1S/C27H20N2/c1-2-8-20(9-3-1)18-23-10-4-5-11-24(23)21-14-16-22(17-15-21)27-19-28-25-12-6-7-13-26(25)29-27/h1-17,19H,18H2. The molecule has 29 heavy (non-hydrogen) atoms. The molecule has 0 unspecified atom stereocenters. The van der Waals surface area contributed by atoms with Crippen LogP contribution in [0.15, 0.2) is 109 Å². The van der Waals surface area contributed by atoms with E-state index in [0.717, 1.165) is 28.7 Å². The molecule has 2 nitrogen and oxygen atoms in total. The third-order valence-corrected chi connectivity index (χ3v) is 5.19. The van der Waals surface area contributed by atoms with Gasteiger partial charge in [-0.1, -0.05) is 91.0 Å². The average molecular weight is 372 g/mol. The van der Waals surface area contributed by atoms with Gasteiger partial charge in [-0.3, -0.25) is 4.98 Å². The molecule has 1 heterocycles. The van der Waals surface area contributed by atoms with Crippen LogP contribution in [-0.2, 0) is 6.42 Å². The first-order valence-electron chi connectivity index (χ1n) is 9.81. The van der Waals surface area contributed by atoms with Gasteiger partial charge in [-0.15, -0.1) is 0 Å². The summed E-state index contributed by atoms with van der Waals surface area (Å²) in [4.78, 5) is 9.30. The van der Waals surface area contributed by atoms with Crippen molar-refractivity contribution in [1.29, 1.82) is 0 Å². The van der Waals surface area contributed by atoms with Crippen LogP contribution in [0.4, 0.5) is 0 Å². The van der Waals surface area contributed by atoms with Crippen LogP contribution < -0.4 is 0 Å². The minimum atomic E-state index is 0.896. The van der Waals surface area contributed by atoms with Crippen LogP contribution in [-0.4, -0.2) is 9.97 Å². The van der Waals surface area contributed by atoms with Gasteiger partial charge in [-0.2, -0.15) is 0 Å². The molecule has 0 spiro atoms. The van der Waals surface area contributed by atoms with E-state index in [-0.39, 0.29) is 0 Å². The largest absolute Gasteiger partial charge is 0.252 e. The summed E-state index contributed by atoms with van der Waals surface area (Å²) in [6.07, 6.45) is 2.77. The summed E-state index contributed by atoms with van der Waals surface area (Å²) in [5.41, 5.74) is 8.95. The van der Waals surface area contributed by atoms with Crippen LogP contribution in [0, 0.1) is 0 Å². The van der Waals surface area contributed by atoms with Crippen molar-refractivity contribution in [3.05, 3.63) is 120 Å². The minimum absolute atomic E-state index is 0.896. The SMILES string of the molecule is c1ccc(Cc2ccccc2-c2ccc(-c3cnc4ccccc4n3)cc2)cc1. The van der Waals surface area contributed by atoms with Crippen LogP contribution >= 0.6 is 0 Å². The Bertz CT molecular complexity index is 1260. The zero-order valence-electron chi connectivity index (χ0n) is 16.0. The summed E-state index contributed by atoms with van der Waals surface area (Å²) < 4.78 is 0. The van der Waals surface area contributed by atoms with E-state index in [0.29, 0.717) is 0 Å². The highest BCUT2D eigenvalue weighted by Gasteiger charge is 2.07. The molecule has 0 fully saturated rings. The Hall–Kier alpha value is -3.78. The highest BCUT2D eigenvalue weighted by molar-refractivity contribution is 5.78. The van der Waals surface area contributed by atoms with Gasteiger partial charge in [0.2, 0.25) is 0 Å². The molecule has 1 aromatic heterocycles. The highest BCUT2D eigenvalue weighted by atomic mass is 14.8. The Labute approximate surface area is 170 Å². The first-order valence-corrected chi connectivity index (χ1v) is 9.81. The molecule has 0 N–H and O–H groups in total. The van der Waals surface area contributed by atoms with Gasteiger partial charge < -0.3 is 0 Å². The maximum Gasteiger partial charge on any atom is 0.0894 e. The molecule has 0 radical (unpaired) electrons. The smallest absolute Gasteiger partial charge is 0.0894 e. The lowest BCUT2D eigenvalue weighted by Gasteiger charge is -2.11. The molecular formula is C27H20N2. The molecule has 0 atom stereocenters. The van der Waals surface area contributed by atoms with Crippen LogP contribution in [0.25, 0.3) is 33.4 Å². The third-order valence-electron chi connectivity index (χ3n) is 5.19. The molecule has 0 aliphatic carbocycles. The summed E-state index contributed by atoms with van der Waals surface area (Å²) in [6, 6.07) is 35.8. The molecule has 5 rings (SSSR count). The quantitative estimate of drug-likeness (QED) is 0.357. The molecule has 4 aromatic carbocycles. The maximum absolute atomic E-state index is 4.76. The highest BCUT2D eigenvalue weighted by Crippen LogP contribution is 2.28. The van der Waals surface area contributed by atoms with Gasteiger partial charge in [0.1, 0.15) is 0 Å². The molecular weight excluding hydrogens is 352 g/mol. The van der Waals surface area contributed by atoms with Crippen LogP contribution in [0.1, 0.15) is 11.1 Å². The molecule has 2 heteroatoms. The fourth-order valence-electron chi connectivity index (χ4n) is 3.69. The molecule has 0 bridgehead atoms. The first kappa shape index (κ1) is 17.3. The van der Waals surface area contributed by atoms with E-state index in [1.165, 1.54) is 22.3 Å². The number of nitrogens with zero attached hydrogens (tertiary/aromatic N) is 2. The number of hydrogen-bond donors (Lipinski definition) is 0. The number of rotatable bonds is 4. The zero-order chi connectivity index (χ0) is 19.5. The Balaban J connectivity index is 1.47. The molecule has 0 aliphatic heterocycles. The van der Waals surface area contributed by atoms with Crippen molar-refractivity contribution in [1.82, 2.24) is 9.97 Å². The van der Waals surface area contributed by atoms with E-state index in [2.05, 4.69) is 83.8 Å². The molecule has 0 aliphatic rings. The lowest BCUT2D eigenvalue weighted by Crippen LogP contribution is -1.92. The van der Waals surface area contributed by atoms with Gasteiger partial charge in [0.05, 0.1) is 22.9 Å². The molecule has 138 valence electrons. The number of fused-ring (bicyclic) bond motifs is 1.